The topological polar surface area (TPSA) is 224 Å². The van der Waals surface area contributed by atoms with Gasteiger partial charge in [0.1, 0.15) is 41.3 Å². The van der Waals surface area contributed by atoms with Crippen molar-refractivity contribution in [2.45, 2.75) is 48.0 Å². The Morgan fingerprint density at radius 2 is 1.67 bits per heavy atom. The van der Waals surface area contributed by atoms with Crippen LogP contribution in [0.15, 0.2) is 66.7 Å². The van der Waals surface area contributed by atoms with Crippen molar-refractivity contribution in [2.24, 2.45) is 5.92 Å². The third-order valence-corrected chi connectivity index (χ3v) is 9.78. The van der Waals surface area contributed by atoms with Crippen LogP contribution in [0, 0.1) is 5.92 Å². The molecular weight excluding hydrogens is 684 g/mol. The van der Waals surface area contributed by atoms with E-state index in [2.05, 4.69) is 10.6 Å². The first-order valence-corrected chi connectivity index (χ1v) is 16.5. The molecule has 16 heteroatoms. The fourth-order valence-corrected chi connectivity index (χ4v) is 7.48. The molecule has 3 aromatic rings. The molecule has 1 aliphatic carbocycles. The SMILES string of the molecule is COc1ccc(C23Oc4cc(O[C@H]5O[C@@H]([C@H](O)CO)CO[C@H]5OC)cc(OC)c4C2(O)C(O)C(C(=O)NCCNC(=O)O)C3c2ccccc2)cc1. The summed E-state index contributed by atoms with van der Waals surface area (Å²) in [6.07, 6.45) is -7.50. The minimum absolute atomic E-state index is 0.0422. The first-order chi connectivity index (χ1) is 25.0. The summed E-state index contributed by atoms with van der Waals surface area (Å²) >= 11 is 0. The molecule has 7 N–H and O–H groups in total. The van der Waals surface area contributed by atoms with Gasteiger partial charge in [-0.2, -0.15) is 0 Å². The van der Waals surface area contributed by atoms with Crippen LogP contribution in [0.4, 0.5) is 4.79 Å². The normalized spacial score (nSPS) is 29.6. The highest BCUT2D eigenvalue weighted by Crippen LogP contribution is 2.70. The van der Waals surface area contributed by atoms with Crippen LogP contribution in [-0.2, 0) is 30.2 Å². The zero-order valence-electron chi connectivity index (χ0n) is 28.6. The maximum Gasteiger partial charge on any atom is 0.404 e. The minimum atomic E-state index is -2.33. The smallest absolute Gasteiger partial charge is 0.404 e. The lowest BCUT2D eigenvalue weighted by molar-refractivity contribution is -0.324. The number of rotatable bonds is 13. The number of aliphatic hydroxyl groups excluding tert-OH is 3. The number of ether oxygens (including phenoxy) is 7. The van der Waals surface area contributed by atoms with Gasteiger partial charge in [-0.25, -0.2) is 4.79 Å². The minimum Gasteiger partial charge on any atom is -0.497 e. The summed E-state index contributed by atoms with van der Waals surface area (Å²) in [5.74, 6) is -2.27. The molecule has 1 saturated carbocycles. The molecule has 0 bridgehead atoms. The van der Waals surface area contributed by atoms with Gasteiger partial charge in [0.05, 0.1) is 38.9 Å². The Kier molecular flexibility index (Phi) is 10.8. The highest BCUT2D eigenvalue weighted by atomic mass is 16.8. The molecule has 16 nitrogen and oxygen atoms in total. The molecule has 3 aliphatic rings. The van der Waals surface area contributed by atoms with Crippen molar-refractivity contribution in [3.63, 3.8) is 0 Å². The monoisotopic (exact) mass is 726 g/mol. The van der Waals surface area contributed by atoms with Crippen molar-refractivity contribution in [2.75, 3.05) is 47.6 Å². The molecule has 52 heavy (non-hydrogen) atoms. The van der Waals surface area contributed by atoms with E-state index in [0.29, 0.717) is 16.9 Å². The maximum absolute atomic E-state index is 14.1. The molecule has 2 heterocycles. The molecule has 0 aromatic heterocycles. The molecular formula is C36H42N2O14. The van der Waals surface area contributed by atoms with Crippen LogP contribution in [-0.4, -0.2) is 116 Å². The van der Waals surface area contributed by atoms with Gasteiger partial charge >= 0.3 is 6.09 Å². The van der Waals surface area contributed by atoms with E-state index in [0.717, 1.165) is 0 Å². The first kappa shape index (κ1) is 37.1. The third-order valence-electron chi connectivity index (χ3n) is 9.78. The number of fused-ring (bicyclic) bond motifs is 3. The number of benzene rings is 3. The fourth-order valence-electron chi connectivity index (χ4n) is 7.48. The van der Waals surface area contributed by atoms with Gasteiger partial charge in [-0.3, -0.25) is 4.79 Å². The zero-order valence-corrected chi connectivity index (χ0v) is 28.6. The fraction of sp³-hybridized carbons (Fsp3) is 0.444. The number of amides is 2. The van der Waals surface area contributed by atoms with Crippen molar-refractivity contribution in [1.82, 2.24) is 10.6 Å². The molecule has 2 fully saturated rings. The number of carbonyl (C=O) groups is 2. The standard InChI is InChI=1S/C36H42N2O14/c1-46-21-11-9-20(10-12-21)36-28(19-7-5-4-6-8-19)27(31(42)37-13-14-38-34(43)44)30(41)35(36,45)29-24(47-2)15-22(16-25(29)52-36)50-33-32(48-3)49-18-26(51-33)23(40)17-39/h4-12,15-16,23,26-28,30,32-33,38-41,45H,13-14,17-18H2,1-3H3,(H,37,42)(H,43,44)/t23-,26-,27?,28?,30?,32-,33+,35?,36?/m1/s1. The zero-order chi connectivity index (χ0) is 37.2. The Hall–Kier alpha value is -4.68. The van der Waals surface area contributed by atoms with Crippen LogP contribution in [0.25, 0.3) is 0 Å². The molecule has 0 spiro atoms. The average molecular weight is 727 g/mol. The molecule has 6 rings (SSSR count). The Morgan fingerprint density at radius 1 is 0.962 bits per heavy atom. The van der Waals surface area contributed by atoms with E-state index in [1.807, 2.05) is 0 Å². The molecule has 1 saturated heterocycles. The molecule has 0 radical (unpaired) electrons. The highest BCUT2D eigenvalue weighted by molar-refractivity contribution is 5.83. The predicted molar refractivity (Wildman–Crippen MR) is 179 cm³/mol. The first-order valence-electron chi connectivity index (χ1n) is 16.5. The molecule has 2 amide bonds. The highest BCUT2D eigenvalue weighted by Gasteiger charge is 2.78. The van der Waals surface area contributed by atoms with E-state index < -0.39 is 72.5 Å². The summed E-state index contributed by atoms with van der Waals surface area (Å²) < 4.78 is 41.2. The van der Waals surface area contributed by atoms with Crippen LogP contribution in [0.3, 0.4) is 0 Å². The van der Waals surface area contributed by atoms with Gasteiger partial charge in [0.15, 0.2) is 11.2 Å². The number of carbonyl (C=O) groups excluding carboxylic acids is 1. The van der Waals surface area contributed by atoms with Gasteiger partial charge in [0, 0.05) is 38.2 Å². The number of hydrogen-bond donors (Lipinski definition) is 7. The Morgan fingerprint density at radius 3 is 2.31 bits per heavy atom. The second-order valence-electron chi connectivity index (χ2n) is 12.6. The van der Waals surface area contributed by atoms with Crippen LogP contribution >= 0.6 is 0 Å². The Balaban J connectivity index is 1.49. The molecule has 280 valence electrons. The van der Waals surface area contributed by atoms with Gasteiger partial charge in [-0.15, -0.1) is 0 Å². The van der Waals surface area contributed by atoms with Crippen molar-refractivity contribution < 1.29 is 68.3 Å². The quantitative estimate of drug-likeness (QED) is 0.121. The van der Waals surface area contributed by atoms with E-state index in [1.165, 1.54) is 33.5 Å². The van der Waals surface area contributed by atoms with E-state index in [1.54, 1.807) is 54.6 Å². The second kappa shape index (κ2) is 15.1. The largest absolute Gasteiger partial charge is 0.497 e. The molecule has 5 unspecified atom stereocenters. The summed E-state index contributed by atoms with van der Waals surface area (Å²) in [6.45, 7) is -0.828. The third kappa shape index (κ3) is 6.25. The predicted octanol–water partition coefficient (Wildman–Crippen LogP) is 0.784. The summed E-state index contributed by atoms with van der Waals surface area (Å²) in [4.78, 5) is 25.1. The summed E-state index contributed by atoms with van der Waals surface area (Å²) in [7, 11) is 4.25. The van der Waals surface area contributed by atoms with Crippen LogP contribution in [0.2, 0.25) is 0 Å². The lowest BCUT2D eigenvalue weighted by atomic mass is 9.70. The number of nitrogens with one attached hydrogen (secondary N) is 2. The van der Waals surface area contributed by atoms with Crippen LogP contribution < -0.4 is 29.6 Å². The number of hydrogen-bond acceptors (Lipinski definition) is 13. The number of methoxy groups -OCH3 is 3. The van der Waals surface area contributed by atoms with E-state index in [9.17, 15) is 30.0 Å². The van der Waals surface area contributed by atoms with Crippen LogP contribution in [0.1, 0.15) is 22.6 Å². The van der Waals surface area contributed by atoms with Crippen LogP contribution in [0.5, 0.6) is 23.0 Å². The lowest BCUT2D eigenvalue weighted by Crippen LogP contribution is -2.52. The summed E-state index contributed by atoms with van der Waals surface area (Å²) in [6, 6.07) is 18.5. The van der Waals surface area contributed by atoms with E-state index >= 15 is 0 Å². The van der Waals surface area contributed by atoms with Gasteiger partial charge in [-0.05, 0) is 23.3 Å². The van der Waals surface area contributed by atoms with Crippen molar-refractivity contribution in [3.05, 3.63) is 83.4 Å². The lowest BCUT2D eigenvalue weighted by Gasteiger charge is -2.40. The maximum atomic E-state index is 14.1. The van der Waals surface area contributed by atoms with Gasteiger partial charge in [0.25, 0.3) is 6.29 Å². The van der Waals surface area contributed by atoms with Gasteiger partial charge < -0.3 is 69.3 Å². The molecule has 2 aliphatic heterocycles. The van der Waals surface area contributed by atoms with Gasteiger partial charge in [-0.1, -0.05) is 42.5 Å². The van der Waals surface area contributed by atoms with Crippen molar-refractivity contribution in [3.8, 4) is 23.0 Å². The second-order valence-corrected chi connectivity index (χ2v) is 12.6. The van der Waals surface area contributed by atoms with E-state index in [4.69, 9.17) is 38.3 Å². The number of aliphatic hydroxyl groups is 4. The Labute approximate surface area is 298 Å². The van der Waals surface area contributed by atoms with Crippen molar-refractivity contribution >= 4 is 12.0 Å². The van der Waals surface area contributed by atoms with E-state index in [-0.39, 0.29) is 42.5 Å². The molecule has 9 atom stereocenters. The average Bonchev–Trinajstić information content (AvgIpc) is 3.54. The van der Waals surface area contributed by atoms with Gasteiger partial charge in [0.2, 0.25) is 12.2 Å². The summed E-state index contributed by atoms with van der Waals surface area (Å²) in [5, 5.41) is 59.1. The Bertz CT molecular complexity index is 1730. The number of carboxylic acid groups (broad SMARTS) is 1. The summed E-state index contributed by atoms with van der Waals surface area (Å²) in [5.41, 5.74) is -3.20. The van der Waals surface area contributed by atoms with Crippen molar-refractivity contribution in [1.29, 1.82) is 0 Å². The molecule has 3 aromatic carbocycles.